The minimum absolute atomic E-state index is 0.270. The van der Waals surface area contributed by atoms with E-state index in [0.717, 1.165) is 6.42 Å². The van der Waals surface area contributed by atoms with Gasteiger partial charge in [0.1, 0.15) is 0 Å². The molecule has 58 valence electrons. The summed E-state index contributed by atoms with van der Waals surface area (Å²) in [4.78, 5) is 10.4. The largest absolute Gasteiger partial charge is 0.352 e. The van der Waals surface area contributed by atoms with Crippen LogP contribution in [0.4, 0.5) is 4.79 Å². The van der Waals surface area contributed by atoms with Crippen LogP contribution in [-0.4, -0.2) is 11.6 Å². The van der Waals surface area contributed by atoms with Crippen LogP contribution in [0.3, 0.4) is 0 Å². The predicted molar refractivity (Wildman–Crippen MR) is 41.6 cm³/mol. The first kappa shape index (κ1) is 9.01. The van der Waals surface area contributed by atoms with Crippen LogP contribution in [-0.2, 0) is 0 Å². The van der Waals surface area contributed by atoms with E-state index in [1.54, 1.807) is 6.08 Å². The normalized spacial score (nSPS) is 10.6. The van der Waals surface area contributed by atoms with Crippen LogP contribution in [0.1, 0.15) is 20.3 Å². The summed E-state index contributed by atoms with van der Waals surface area (Å²) in [6.07, 6.45) is 2.46. The highest BCUT2D eigenvalue weighted by Gasteiger charge is 2.15. The van der Waals surface area contributed by atoms with Gasteiger partial charge in [0.15, 0.2) is 0 Å². The van der Waals surface area contributed by atoms with Crippen LogP contribution in [0.15, 0.2) is 12.7 Å². The van der Waals surface area contributed by atoms with Crippen molar-refractivity contribution in [1.29, 1.82) is 0 Å². The van der Waals surface area contributed by atoms with Crippen LogP contribution in [0.25, 0.3) is 0 Å². The summed E-state index contributed by atoms with van der Waals surface area (Å²) >= 11 is 0. The maximum Gasteiger partial charge on any atom is 0.312 e. The van der Waals surface area contributed by atoms with Gasteiger partial charge >= 0.3 is 6.03 Å². The van der Waals surface area contributed by atoms with Crippen LogP contribution < -0.4 is 11.1 Å². The zero-order chi connectivity index (χ0) is 8.20. The van der Waals surface area contributed by atoms with E-state index in [2.05, 4.69) is 11.9 Å². The molecular weight excluding hydrogens is 128 g/mol. The van der Waals surface area contributed by atoms with Crippen molar-refractivity contribution in [2.75, 3.05) is 0 Å². The molecule has 0 aliphatic carbocycles. The third kappa shape index (κ3) is 3.95. The van der Waals surface area contributed by atoms with Crippen molar-refractivity contribution in [3.8, 4) is 0 Å². The molecule has 0 saturated heterocycles. The van der Waals surface area contributed by atoms with E-state index in [4.69, 9.17) is 5.73 Å². The molecule has 10 heavy (non-hydrogen) atoms. The SMILES string of the molecule is C=CCC(C)(C)NC(N)=O. The third-order valence-electron chi connectivity index (χ3n) is 1.12. The fourth-order valence-electron chi connectivity index (χ4n) is 0.745. The van der Waals surface area contributed by atoms with E-state index in [1.807, 2.05) is 13.8 Å². The molecule has 0 rings (SSSR count). The number of nitrogens with two attached hydrogens (primary N) is 1. The maximum absolute atomic E-state index is 10.4. The first-order valence-electron chi connectivity index (χ1n) is 3.16. The number of hydrogen-bond acceptors (Lipinski definition) is 1. The Bertz CT molecular complexity index is 141. The van der Waals surface area contributed by atoms with Crippen molar-refractivity contribution in [2.24, 2.45) is 5.73 Å². The summed E-state index contributed by atoms with van der Waals surface area (Å²) in [5, 5.41) is 2.59. The van der Waals surface area contributed by atoms with Gasteiger partial charge in [-0.05, 0) is 20.3 Å². The average molecular weight is 142 g/mol. The lowest BCUT2D eigenvalue weighted by molar-refractivity contribution is 0.238. The first-order valence-corrected chi connectivity index (χ1v) is 3.16. The first-order chi connectivity index (χ1) is 4.48. The van der Waals surface area contributed by atoms with Crippen LogP contribution >= 0.6 is 0 Å². The highest BCUT2D eigenvalue weighted by atomic mass is 16.2. The lowest BCUT2D eigenvalue weighted by Crippen LogP contribution is -2.45. The smallest absolute Gasteiger partial charge is 0.312 e. The summed E-state index contributed by atoms with van der Waals surface area (Å²) in [5.41, 5.74) is 4.65. The summed E-state index contributed by atoms with van der Waals surface area (Å²) in [7, 11) is 0. The molecule has 0 radical (unpaired) electrons. The van der Waals surface area contributed by atoms with Gasteiger partial charge in [-0.25, -0.2) is 4.79 Å². The van der Waals surface area contributed by atoms with Gasteiger partial charge in [-0.2, -0.15) is 0 Å². The quantitative estimate of drug-likeness (QED) is 0.568. The van der Waals surface area contributed by atoms with E-state index >= 15 is 0 Å². The van der Waals surface area contributed by atoms with Crippen LogP contribution in [0.5, 0.6) is 0 Å². The Balaban J connectivity index is 3.85. The molecule has 0 atom stereocenters. The topological polar surface area (TPSA) is 55.1 Å². The van der Waals surface area contributed by atoms with E-state index < -0.39 is 6.03 Å². The zero-order valence-electron chi connectivity index (χ0n) is 6.48. The lowest BCUT2D eigenvalue weighted by atomic mass is 10.0. The second-order valence-electron chi connectivity index (χ2n) is 2.87. The van der Waals surface area contributed by atoms with E-state index in [-0.39, 0.29) is 5.54 Å². The van der Waals surface area contributed by atoms with Crippen molar-refractivity contribution in [1.82, 2.24) is 5.32 Å². The average Bonchev–Trinajstić information content (AvgIpc) is 1.59. The number of hydrogen-bond donors (Lipinski definition) is 2. The van der Waals surface area contributed by atoms with Gasteiger partial charge in [-0.15, -0.1) is 6.58 Å². The zero-order valence-corrected chi connectivity index (χ0v) is 6.48. The molecule has 0 aromatic heterocycles. The fourth-order valence-corrected chi connectivity index (χ4v) is 0.745. The van der Waals surface area contributed by atoms with Crippen molar-refractivity contribution >= 4 is 6.03 Å². The number of urea groups is 1. The Hall–Kier alpha value is -0.990. The number of rotatable bonds is 3. The van der Waals surface area contributed by atoms with Gasteiger partial charge in [0, 0.05) is 5.54 Å². The van der Waals surface area contributed by atoms with E-state index in [0.29, 0.717) is 0 Å². The highest BCUT2D eigenvalue weighted by Crippen LogP contribution is 2.06. The number of carbonyl (C=O) groups is 1. The molecule has 0 aromatic carbocycles. The van der Waals surface area contributed by atoms with Crippen molar-refractivity contribution < 1.29 is 4.79 Å². The van der Waals surface area contributed by atoms with Gasteiger partial charge in [0.05, 0.1) is 0 Å². The van der Waals surface area contributed by atoms with Crippen LogP contribution in [0.2, 0.25) is 0 Å². The second-order valence-corrected chi connectivity index (χ2v) is 2.87. The molecule has 3 nitrogen and oxygen atoms in total. The van der Waals surface area contributed by atoms with E-state index in [1.165, 1.54) is 0 Å². The summed E-state index contributed by atoms with van der Waals surface area (Å²) in [5.74, 6) is 0. The summed E-state index contributed by atoms with van der Waals surface area (Å²) in [6, 6.07) is -0.494. The van der Waals surface area contributed by atoms with Crippen molar-refractivity contribution in [2.45, 2.75) is 25.8 Å². The van der Waals surface area contributed by atoms with Gasteiger partial charge in [-0.1, -0.05) is 6.08 Å². The molecule has 3 N–H and O–H groups in total. The fraction of sp³-hybridized carbons (Fsp3) is 0.571. The van der Waals surface area contributed by atoms with Crippen LogP contribution in [0, 0.1) is 0 Å². The minimum atomic E-state index is -0.494. The number of primary amides is 1. The molecule has 0 aromatic rings. The van der Waals surface area contributed by atoms with Gasteiger partial charge in [0.25, 0.3) is 0 Å². The van der Waals surface area contributed by atoms with Gasteiger partial charge < -0.3 is 11.1 Å². The number of nitrogens with one attached hydrogen (secondary N) is 1. The lowest BCUT2D eigenvalue weighted by Gasteiger charge is -2.22. The Labute approximate surface area is 61.3 Å². The second kappa shape index (κ2) is 3.25. The molecule has 0 heterocycles. The maximum atomic E-state index is 10.4. The van der Waals surface area contributed by atoms with E-state index in [9.17, 15) is 4.79 Å². The molecule has 0 spiro atoms. The molecule has 0 unspecified atom stereocenters. The standard InChI is InChI=1S/C7H14N2O/c1-4-5-7(2,3)9-6(8)10/h4H,1,5H2,2-3H3,(H3,8,9,10). The summed E-state index contributed by atoms with van der Waals surface area (Å²) < 4.78 is 0. The Kier molecular flexibility index (Phi) is 2.93. The Morgan fingerprint density at radius 2 is 2.30 bits per heavy atom. The number of carbonyl (C=O) groups excluding carboxylic acids is 1. The third-order valence-corrected chi connectivity index (χ3v) is 1.12. The van der Waals surface area contributed by atoms with Crippen molar-refractivity contribution in [3.05, 3.63) is 12.7 Å². The van der Waals surface area contributed by atoms with Crippen molar-refractivity contribution in [3.63, 3.8) is 0 Å². The molecule has 0 aliphatic rings. The Morgan fingerprint density at radius 1 is 1.80 bits per heavy atom. The predicted octanol–water partition coefficient (Wildman–Crippen LogP) is 1.01. The van der Waals surface area contributed by atoms with Gasteiger partial charge in [-0.3, -0.25) is 0 Å². The van der Waals surface area contributed by atoms with Gasteiger partial charge in [0.2, 0.25) is 0 Å². The highest BCUT2D eigenvalue weighted by molar-refractivity contribution is 5.72. The molecule has 0 saturated carbocycles. The summed E-state index contributed by atoms with van der Waals surface area (Å²) in [6.45, 7) is 7.34. The molecular formula is C7H14N2O. The molecule has 0 fully saturated rings. The monoisotopic (exact) mass is 142 g/mol. The molecule has 0 aliphatic heterocycles. The molecule has 2 amide bonds. The minimum Gasteiger partial charge on any atom is -0.352 e. The molecule has 0 bridgehead atoms. The number of amides is 2. The molecule has 3 heteroatoms. The Morgan fingerprint density at radius 3 is 2.60 bits per heavy atom.